The lowest BCUT2D eigenvalue weighted by atomic mass is 9.88. The van der Waals surface area contributed by atoms with Gasteiger partial charge < -0.3 is 4.43 Å². The predicted molar refractivity (Wildman–Crippen MR) is 139 cm³/mol. The highest BCUT2D eigenvalue weighted by Crippen LogP contribution is 2.26. The fraction of sp³-hybridized carbons (Fsp3) is 0.667. The van der Waals surface area contributed by atoms with Crippen LogP contribution in [-0.2, 0) is 6.42 Å². The molecular formula is C27H45N3OSi. The van der Waals surface area contributed by atoms with E-state index < -0.39 is 9.76 Å². The largest absolute Gasteiger partial charge is 0.548 e. The van der Waals surface area contributed by atoms with E-state index in [4.69, 9.17) is 4.43 Å². The van der Waals surface area contributed by atoms with Crippen LogP contribution in [0.25, 0.3) is 11.4 Å². The van der Waals surface area contributed by atoms with Crippen molar-refractivity contribution in [2.24, 2.45) is 11.8 Å². The maximum atomic E-state index is 6.24. The first kappa shape index (κ1) is 26.5. The van der Waals surface area contributed by atoms with E-state index in [9.17, 15) is 0 Å². The van der Waals surface area contributed by atoms with Gasteiger partial charge in [-0.15, -0.1) is 0 Å². The van der Waals surface area contributed by atoms with Crippen LogP contribution in [-0.4, -0.2) is 24.7 Å². The molecule has 0 aliphatic heterocycles. The van der Waals surface area contributed by atoms with Crippen LogP contribution in [0, 0.1) is 11.8 Å². The average Bonchev–Trinajstić information content (AvgIpc) is 2.82. The number of hydrogen-bond acceptors (Lipinski definition) is 4. The Balaban J connectivity index is 1.78. The van der Waals surface area contributed by atoms with Gasteiger partial charge in [0.25, 0.3) is 0 Å². The van der Waals surface area contributed by atoms with Gasteiger partial charge in [-0.25, -0.2) is 0 Å². The molecule has 2 rings (SSSR count). The second-order valence-corrected chi connectivity index (χ2v) is 10.8. The number of aromatic nitrogens is 3. The molecule has 0 radical (unpaired) electrons. The van der Waals surface area contributed by atoms with E-state index in [1.54, 1.807) is 0 Å². The van der Waals surface area contributed by atoms with Crippen molar-refractivity contribution < 1.29 is 4.43 Å². The Labute approximate surface area is 199 Å². The molecule has 178 valence electrons. The fourth-order valence-corrected chi connectivity index (χ4v) is 5.15. The summed E-state index contributed by atoms with van der Waals surface area (Å²) in [4.78, 5) is 13.8. The van der Waals surface area contributed by atoms with Crippen molar-refractivity contribution in [3.63, 3.8) is 0 Å². The first-order valence-electron chi connectivity index (χ1n) is 13.0. The van der Waals surface area contributed by atoms with Gasteiger partial charge in [0.2, 0.25) is 9.76 Å². The van der Waals surface area contributed by atoms with E-state index in [0.717, 1.165) is 41.1 Å². The van der Waals surface area contributed by atoms with Crippen molar-refractivity contribution in [2.75, 3.05) is 0 Å². The summed E-state index contributed by atoms with van der Waals surface area (Å²) in [6.07, 6.45) is 19.6. The molecule has 0 aliphatic rings. The van der Waals surface area contributed by atoms with E-state index >= 15 is 0 Å². The molecule has 0 N–H and O–H groups in total. The van der Waals surface area contributed by atoms with Crippen LogP contribution in [0.15, 0.2) is 30.7 Å². The zero-order chi connectivity index (χ0) is 23.0. The zero-order valence-electron chi connectivity index (χ0n) is 21.0. The predicted octanol–water partition coefficient (Wildman–Crippen LogP) is 7.18. The van der Waals surface area contributed by atoms with E-state index in [1.165, 1.54) is 70.3 Å². The maximum Gasteiger partial charge on any atom is 0.219 e. The molecule has 2 heterocycles. The number of hydrogen-bond donors (Lipinski definition) is 0. The van der Waals surface area contributed by atoms with Crippen LogP contribution < -0.4 is 4.43 Å². The van der Waals surface area contributed by atoms with Crippen molar-refractivity contribution in [1.29, 1.82) is 0 Å². The number of aryl methyl sites for hydroxylation is 1. The summed E-state index contributed by atoms with van der Waals surface area (Å²) in [5, 5.41) is 0. The molecule has 0 aliphatic carbocycles. The quantitative estimate of drug-likeness (QED) is 0.187. The third kappa shape index (κ3) is 9.80. The first-order chi connectivity index (χ1) is 15.7. The number of rotatable bonds is 17. The van der Waals surface area contributed by atoms with Gasteiger partial charge in [-0.2, -0.15) is 0 Å². The van der Waals surface area contributed by atoms with Crippen molar-refractivity contribution in [3.8, 4) is 17.1 Å². The summed E-state index contributed by atoms with van der Waals surface area (Å²) in [5.74, 6) is 2.51. The summed E-state index contributed by atoms with van der Waals surface area (Å²) in [5.41, 5.74) is 2.70. The van der Waals surface area contributed by atoms with Gasteiger partial charge >= 0.3 is 0 Å². The Kier molecular flexibility index (Phi) is 13.2. The van der Waals surface area contributed by atoms with Crippen molar-refractivity contribution in [1.82, 2.24) is 15.0 Å². The lowest BCUT2D eigenvalue weighted by Gasteiger charge is -2.19. The molecule has 2 aromatic heterocycles. The molecule has 2 atom stereocenters. The van der Waals surface area contributed by atoms with E-state index in [1.807, 2.05) is 30.7 Å². The van der Waals surface area contributed by atoms with Crippen molar-refractivity contribution in [2.45, 2.75) is 104 Å². The normalized spacial score (nSPS) is 13.5. The van der Waals surface area contributed by atoms with E-state index in [0.29, 0.717) is 0 Å². The monoisotopic (exact) mass is 455 g/mol. The topological polar surface area (TPSA) is 47.9 Å². The highest BCUT2D eigenvalue weighted by Gasteiger charge is 2.12. The molecule has 0 spiro atoms. The van der Waals surface area contributed by atoms with Crippen LogP contribution in [0.4, 0.5) is 0 Å². The minimum atomic E-state index is -0.611. The van der Waals surface area contributed by atoms with Crippen LogP contribution >= 0.6 is 0 Å². The zero-order valence-corrected chi connectivity index (χ0v) is 22.4. The minimum absolute atomic E-state index is 0.611. The second-order valence-electron chi connectivity index (χ2n) is 9.35. The van der Waals surface area contributed by atoms with Crippen molar-refractivity contribution in [3.05, 3.63) is 36.4 Å². The number of nitrogens with zero attached hydrogens (tertiary/aromatic N) is 3. The van der Waals surface area contributed by atoms with Crippen LogP contribution in [0.5, 0.6) is 5.75 Å². The van der Waals surface area contributed by atoms with E-state index in [2.05, 4.69) is 42.6 Å². The minimum Gasteiger partial charge on any atom is -0.548 e. The van der Waals surface area contributed by atoms with E-state index in [-0.39, 0.29) is 0 Å². The third-order valence-corrected chi connectivity index (χ3v) is 7.85. The summed E-state index contributed by atoms with van der Waals surface area (Å²) in [7, 11) is -0.611. The SMILES string of the molecule is CCCCCCCc1cnc(-c2ncccc2O[SiH2]CCCC(C)C(C)CCCC)cn1. The smallest absolute Gasteiger partial charge is 0.219 e. The summed E-state index contributed by atoms with van der Waals surface area (Å²) < 4.78 is 6.24. The van der Waals surface area contributed by atoms with Crippen LogP contribution in [0.1, 0.15) is 97.6 Å². The Bertz CT molecular complexity index is 738. The van der Waals surface area contributed by atoms with Crippen LogP contribution in [0.2, 0.25) is 6.04 Å². The molecule has 0 amide bonds. The fourth-order valence-electron chi connectivity index (χ4n) is 4.06. The Hall–Kier alpha value is -1.75. The maximum absolute atomic E-state index is 6.24. The van der Waals surface area contributed by atoms with Gasteiger partial charge in [-0.05, 0) is 42.9 Å². The number of unbranched alkanes of at least 4 members (excludes halogenated alkanes) is 5. The summed E-state index contributed by atoms with van der Waals surface area (Å²) in [6.45, 7) is 9.35. The third-order valence-electron chi connectivity index (χ3n) is 6.55. The number of pyridine rings is 1. The summed E-state index contributed by atoms with van der Waals surface area (Å²) in [6, 6.07) is 5.18. The van der Waals surface area contributed by atoms with Crippen molar-refractivity contribution >= 4 is 9.76 Å². The Morgan fingerprint density at radius 2 is 1.59 bits per heavy atom. The molecule has 2 aromatic rings. The standard InChI is InChI=1S/C27H45N3OSi/c1-5-7-9-10-11-16-24-20-30-25(21-29-24)27-26(17-12-18-28-27)31-32-19-13-15-23(4)22(3)14-8-6-2/h12,17-18,20-23H,5-11,13-16,19,32H2,1-4H3. The van der Waals surface area contributed by atoms with Gasteiger partial charge in [-0.3, -0.25) is 15.0 Å². The van der Waals surface area contributed by atoms with Crippen LogP contribution in [0.3, 0.4) is 0 Å². The molecule has 32 heavy (non-hydrogen) atoms. The molecule has 0 saturated heterocycles. The molecule has 5 heteroatoms. The van der Waals surface area contributed by atoms with Gasteiger partial charge in [0.15, 0.2) is 0 Å². The molecule has 0 bridgehead atoms. The average molecular weight is 456 g/mol. The second kappa shape index (κ2) is 16.0. The molecule has 2 unspecified atom stereocenters. The highest BCUT2D eigenvalue weighted by molar-refractivity contribution is 6.28. The van der Waals surface area contributed by atoms with Gasteiger partial charge in [0, 0.05) is 12.4 Å². The highest BCUT2D eigenvalue weighted by atomic mass is 28.2. The van der Waals surface area contributed by atoms with Gasteiger partial charge in [-0.1, -0.05) is 85.5 Å². The first-order valence-corrected chi connectivity index (χ1v) is 14.6. The molecule has 4 nitrogen and oxygen atoms in total. The lowest BCUT2D eigenvalue weighted by Crippen LogP contribution is -2.09. The molecular weight excluding hydrogens is 410 g/mol. The summed E-state index contributed by atoms with van der Waals surface area (Å²) >= 11 is 0. The van der Waals surface area contributed by atoms with Gasteiger partial charge in [0.05, 0.1) is 11.9 Å². The Morgan fingerprint density at radius 1 is 0.844 bits per heavy atom. The van der Waals surface area contributed by atoms with Gasteiger partial charge in [0.1, 0.15) is 17.1 Å². The molecule has 0 saturated carbocycles. The Morgan fingerprint density at radius 3 is 2.31 bits per heavy atom. The lowest BCUT2D eigenvalue weighted by molar-refractivity contribution is 0.333. The molecule has 0 fully saturated rings. The molecule has 0 aromatic carbocycles.